The van der Waals surface area contributed by atoms with Crippen LogP contribution < -0.4 is 5.43 Å². The molecule has 1 aliphatic heterocycles. The third kappa shape index (κ3) is 5.29. The zero-order valence-corrected chi connectivity index (χ0v) is 22.5. The summed E-state index contributed by atoms with van der Waals surface area (Å²) in [6.07, 6.45) is 1.69. The number of aromatic nitrogens is 1. The maximum atomic E-state index is 12.7. The summed E-state index contributed by atoms with van der Waals surface area (Å²) in [5.74, 6) is 0.303. The van der Waals surface area contributed by atoms with Crippen molar-refractivity contribution in [3.05, 3.63) is 124 Å². The maximum Gasteiger partial charge on any atom is 0.271 e. The predicted octanol–water partition coefficient (Wildman–Crippen LogP) is 5.94. The normalized spacial score (nSPS) is 15.4. The minimum Gasteiger partial charge on any atom is -0.322 e. The van der Waals surface area contributed by atoms with Crippen molar-refractivity contribution in [1.82, 2.24) is 14.9 Å². The van der Waals surface area contributed by atoms with Gasteiger partial charge in [-0.05, 0) is 61.7 Å². The highest BCUT2D eigenvalue weighted by Gasteiger charge is 2.32. The van der Waals surface area contributed by atoms with Gasteiger partial charge in [0.1, 0.15) is 5.37 Å². The van der Waals surface area contributed by atoms with Crippen LogP contribution in [0.15, 0.2) is 90.0 Å². The van der Waals surface area contributed by atoms with Gasteiger partial charge in [0.05, 0.1) is 12.0 Å². The fourth-order valence-electron chi connectivity index (χ4n) is 4.81. The van der Waals surface area contributed by atoms with Gasteiger partial charge in [-0.2, -0.15) is 5.10 Å². The number of nitrogens with zero attached hydrogens (tertiary/aromatic N) is 3. The summed E-state index contributed by atoms with van der Waals surface area (Å²) < 4.78 is 2.20. The Morgan fingerprint density at radius 2 is 1.71 bits per heavy atom. The molecule has 7 heteroatoms. The summed E-state index contributed by atoms with van der Waals surface area (Å²) in [5, 5.41) is 4.15. The Balaban J connectivity index is 1.25. The maximum absolute atomic E-state index is 12.7. The number of thioether (sulfide) groups is 1. The van der Waals surface area contributed by atoms with E-state index in [0.29, 0.717) is 17.9 Å². The highest BCUT2D eigenvalue weighted by molar-refractivity contribution is 8.00. The van der Waals surface area contributed by atoms with Crippen LogP contribution in [0, 0.1) is 20.8 Å². The molecule has 38 heavy (non-hydrogen) atoms. The summed E-state index contributed by atoms with van der Waals surface area (Å²) in [5.41, 5.74) is 10.7. The third-order valence-electron chi connectivity index (χ3n) is 6.82. The van der Waals surface area contributed by atoms with Crippen LogP contribution in [0.4, 0.5) is 0 Å². The van der Waals surface area contributed by atoms with Crippen LogP contribution in [-0.2, 0) is 11.3 Å². The van der Waals surface area contributed by atoms with Crippen molar-refractivity contribution in [2.24, 2.45) is 5.10 Å². The van der Waals surface area contributed by atoms with Gasteiger partial charge in [-0.3, -0.25) is 9.59 Å². The van der Waals surface area contributed by atoms with E-state index in [-0.39, 0.29) is 17.2 Å². The molecule has 1 aliphatic rings. The summed E-state index contributed by atoms with van der Waals surface area (Å²) in [6, 6.07) is 27.7. The van der Waals surface area contributed by atoms with E-state index in [2.05, 4.69) is 47.1 Å². The second-order valence-electron chi connectivity index (χ2n) is 9.44. The zero-order chi connectivity index (χ0) is 26.6. The predicted molar refractivity (Wildman–Crippen MR) is 154 cm³/mol. The smallest absolute Gasteiger partial charge is 0.271 e. The topological polar surface area (TPSA) is 66.7 Å². The first-order chi connectivity index (χ1) is 18.4. The molecule has 3 aromatic carbocycles. The van der Waals surface area contributed by atoms with Gasteiger partial charge in [-0.25, -0.2) is 5.43 Å². The van der Waals surface area contributed by atoms with Crippen molar-refractivity contribution in [3.63, 3.8) is 0 Å². The fourth-order valence-corrected chi connectivity index (χ4v) is 6.00. The average Bonchev–Trinajstić information content (AvgIpc) is 3.43. The highest BCUT2D eigenvalue weighted by atomic mass is 32.2. The number of amides is 2. The number of nitrogens with one attached hydrogen (secondary N) is 1. The van der Waals surface area contributed by atoms with E-state index in [9.17, 15) is 9.59 Å². The van der Waals surface area contributed by atoms with Crippen LogP contribution in [0.3, 0.4) is 0 Å². The first kappa shape index (κ1) is 25.5. The molecule has 1 saturated heterocycles. The van der Waals surface area contributed by atoms with Crippen molar-refractivity contribution in [3.8, 4) is 5.69 Å². The van der Waals surface area contributed by atoms with E-state index in [1.54, 1.807) is 30.1 Å². The number of hydrogen-bond donors (Lipinski definition) is 1. The van der Waals surface area contributed by atoms with Gasteiger partial charge in [-0.1, -0.05) is 60.7 Å². The lowest BCUT2D eigenvalue weighted by molar-refractivity contribution is -0.128. The van der Waals surface area contributed by atoms with Gasteiger partial charge >= 0.3 is 0 Å². The van der Waals surface area contributed by atoms with E-state index < -0.39 is 0 Å². The summed E-state index contributed by atoms with van der Waals surface area (Å²) in [7, 11) is 0. The number of aryl methyl sites for hydroxylation is 2. The van der Waals surface area contributed by atoms with Gasteiger partial charge < -0.3 is 9.47 Å². The minimum atomic E-state index is -0.281. The number of carbonyl (C=O) groups excluding carboxylic acids is 2. The Morgan fingerprint density at radius 3 is 2.45 bits per heavy atom. The molecule has 0 aliphatic carbocycles. The Bertz CT molecular complexity index is 1490. The second-order valence-corrected chi connectivity index (χ2v) is 10.5. The Kier molecular flexibility index (Phi) is 7.47. The second kappa shape index (κ2) is 11.1. The number of carbonyl (C=O) groups is 2. The Morgan fingerprint density at radius 1 is 1.00 bits per heavy atom. The molecular formula is C31H30N4O2S. The molecule has 0 saturated carbocycles. The van der Waals surface area contributed by atoms with Crippen molar-refractivity contribution in [1.29, 1.82) is 0 Å². The molecule has 0 bridgehead atoms. The molecule has 192 valence electrons. The van der Waals surface area contributed by atoms with Crippen LogP contribution >= 0.6 is 11.8 Å². The molecule has 1 N–H and O–H groups in total. The molecule has 1 aromatic heterocycles. The highest BCUT2D eigenvalue weighted by Crippen LogP contribution is 2.39. The Labute approximate surface area is 227 Å². The van der Waals surface area contributed by atoms with Crippen LogP contribution in [-0.4, -0.2) is 33.2 Å². The van der Waals surface area contributed by atoms with Crippen LogP contribution in [0.1, 0.15) is 49.4 Å². The van der Waals surface area contributed by atoms with Crippen molar-refractivity contribution in [2.45, 2.75) is 32.7 Å². The van der Waals surface area contributed by atoms with Crippen molar-refractivity contribution in [2.75, 3.05) is 5.75 Å². The zero-order valence-electron chi connectivity index (χ0n) is 21.7. The van der Waals surface area contributed by atoms with Crippen LogP contribution in [0.2, 0.25) is 0 Å². The van der Waals surface area contributed by atoms with Crippen LogP contribution in [0.25, 0.3) is 5.69 Å². The lowest BCUT2D eigenvalue weighted by Crippen LogP contribution is -2.27. The number of rotatable bonds is 7. The quantitative estimate of drug-likeness (QED) is 0.241. The molecule has 2 amide bonds. The SMILES string of the molecule is Cc1ccccc1-n1c(C)cc(/C=N/NC(=O)c2ccc(C3SCC(=O)N3Cc3ccccc3)cc2)c1C. The standard InChI is InChI=1S/C31H30N4O2S/c1-21-9-7-8-12-28(21)35-22(2)17-27(23(35)3)18-32-33-30(37)25-13-15-26(16-14-25)31-34(29(36)20-38-31)19-24-10-5-4-6-11-24/h4-18,31H,19-20H2,1-3H3,(H,33,37)/b32-18+. The molecule has 1 atom stereocenters. The fraction of sp³-hybridized carbons (Fsp3) is 0.194. The van der Waals surface area contributed by atoms with Crippen LogP contribution in [0.5, 0.6) is 0 Å². The molecular weight excluding hydrogens is 492 g/mol. The van der Waals surface area contributed by atoms with Gasteiger partial charge in [-0.15, -0.1) is 11.8 Å². The summed E-state index contributed by atoms with van der Waals surface area (Å²) in [4.78, 5) is 27.2. The summed E-state index contributed by atoms with van der Waals surface area (Å²) in [6.45, 7) is 6.78. The Hall–Kier alpha value is -4.10. The first-order valence-corrected chi connectivity index (χ1v) is 13.6. The van der Waals surface area contributed by atoms with E-state index in [4.69, 9.17) is 0 Å². The number of hydrazone groups is 1. The molecule has 0 radical (unpaired) electrons. The van der Waals surface area contributed by atoms with Crippen molar-refractivity contribution >= 4 is 29.8 Å². The monoisotopic (exact) mass is 522 g/mol. The molecule has 1 fully saturated rings. The summed E-state index contributed by atoms with van der Waals surface area (Å²) >= 11 is 1.61. The van der Waals surface area contributed by atoms with E-state index in [0.717, 1.165) is 33.8 Å². The number of hydrogen-bond acceptors (Lipinski definition) is 4. The molecule has 0 spiro atoms. The van der Waals surface area contributed by atoms with E-state index >= 15 is 0 Å². The van der Waals surface area contributed by atoms with E-state index in [1.165, 1.54) is 5.56 Å². The molecule has 6 nitrogen and oxygen atoms in total. The number of benzene rings is 3. The lowest BCUT2D eigenvalue weighted by Gasteiger charge is -2.24. The minimum absolute atomic E-state index is 0.0682. The van der Waals surface area contributed by atoms with Gasteiger partial charge in [0.2, 0.25) is 5.91 Å². The van der Waals surface area contributed by atoms with E-state index in [1.807, 2.05) is 66.4 Å². The third-order valence-corrected chi connectivity index (χ3v) is 8.07. The first-order valence-electron chi connectivity index (χ1n) is 12.6. The average molecular weight is 523 g/mol. The lowest BCUT2D eigenvalue weighted by atomic mass is 10.1. The molecule has 2 heterocycles. The number of para-hydroxylation sites is 1. The molecule has 5 rings (SSSR count). The van der Waals surface area contributed by atoms with Gasteiger partial charge in [0, 0.05) is 34.7 Å². The molecule has 1 unspecified atom stereocenters. The van der Waals surface area contributed by atoms with Gasteiger partial charge in [0.25, 0.3) is 5.91 Å². The van der Waals surface area contributed by atoms with Crippen molar-refractivity contribution < 1.29 is 9.59 Å². The largest absolute Gasteiger partial charge is 0.322 e. The molecule has 4 aromatic rings. The van der Waals surface area contributed by atoms with Gasteiger partial charge in [0.15, 0.2) is 0 Å².